The smallest absolute Gasteiger partial charge is 0.308 e. The zero-order valence-electron chi connectivity index (χ0n) is 23.9. The number of quaternary nitrogens is 1. The number of fused-ring (bicyclic) bond motifs is 1. The van der Waals surface area contributed by atoms with E-state index < -0.39 is 46.7 Å². The van der Waals surface area contributed by atoms with Gasteiger partial charge in [0.1, 0.15) is 30.4 Å². The number of likely N-dealkylation sites (N-methyl/N-ethyl adjacent to an activating group) is 1. The van der Waals surface area contributed by atoms with Crippen LogP contribution in [0.5, 0.6) is 0 Å². The molecule has 3 saturated heterocycles. The fourth-order valence-corrected chi connectivity index (χ4v) is 12.5. The summed E-state index contributed by atoms with van der Waals surface area (Å²) >= 11 is 0. The molecule has 0 aromatic carbocycles. The molecule has 0 amide bonds. The van der Waals surface area contributed by atoms with Crippen LogP contribution < -0.4 is 0 Å². The molecule has 9 fully saturated rings. The predicted molar refractivity (Wildman–Crippen MR) is 138 cm³/mol. The summed E-state index contributed by atoms with van der Waals surface area (Å²) in [4.78, 5) is 26.0. The van der Waals surface area contributed by atoms with Crippen LogP contribution >= 0.6 is 0 Å². The number of aliphatic hydroxyl groups is 3. The number of piperidine rings is 2. The van der Waals surface area contributed by atoms with Crippen LogP contribution in [0.3, 0.4) is 0 Å². The first-order valence-electron chi connectivity index (χ1n) is 14.7. The molecule has 4 N–H and O–H groups in total. The molecule has 9 heteroatoms. The van der Waals surface area contributed by atoms with Gasteiger partial charge in [-0.3, -0.25) is 14.1 Å². The highest BCUT2D eigenvalue weighted by Gasteiger charge is 3.00. The van der Waals surface area contributed by atoms with E-state index in [1.165, 1.54) is 0 Å². The van der Waals surface area contributed by atoms with Crippen LogP contribution in [0.4, 0.5) is 0 Å². The maximum atomic E-state index is 13.2. The van der Waals surface area contributed by atoms with E-state index in [2.05, 4.69) is 20.6 Å². The number of esters is 2. The van der Waals surface area contributed by atoms with E-state index in [0.717, 1.165) is 5.57 Å². The van der Waals surface area contributed by atoms with Crippen molar-refractivity contribution < 1.29 is 44.3 Å². The monoisotopic (exact) mass is 547 g/mol. The summed E-state index contributed by atoms with van der Waals surface area (Å²) in [5.41, 5.74) is -0.789. The van der Waals surface area contributed by atoms with Crippen LogP contribution in [0.1, 0.15) is 60.3 Å². The van der Waals surface area contributed by atoms with Gasteiger partial charge in [0.05, 0.1) is 36.3 Å². The number of hydrogen-bond donors (Lipinski definition) is 3. The zero-order chi connectivity index (χ0) is 27.5. The minimum Gasteiger partial charge on any atom is -0.870 e. The van der Waals surface area contributed by atoms with Crippen molar-refractivity contribution in [2.24, 2.45) is 51.8 Å². The third kappa shape index (κ3) is 2.59. The number of aliphatic hydroxyl groups excluding tert-OH is 3. The van der Waals surface area contributed by atoms with Crippen LogP contribution in [-0.4, -0.2) is 87.0 Å². The van der Waals surface area contributed by atoms with Gasteiger partial charge in [-0.25, -0.2) is 0 Å². The minimum atomic E-state index is -0.809. The second-order valence-electron chi connectivity index (χ2n) is 14.9. The highest BCUT2D eigenvalue weighted by atomic mass is 16.6. The Labute approximate surface area is 230 Å². The molecule has 2 spiro atoms. The topological polar surface area (TPSA) is 143 Å². The van der Waals surface area contributed by atoms with Gasteiger partial charge in [0.15, 0.2) is 6.23 Å². The molecule has 9 rings (SSSR count). The maximum Gasteiger partial charge on any atom is 0.308 e. The summed E-state index contributed by atoms with van der Waals surface area (Å²) in [6.45, 7) is 13.9. The normalized spacial score (nSPS) is 57.5. The molecule has 9 nitrogen and oxygen atoms in total. The summed E-state index contributed by atoms with van der Waals surface area (Å²) in [6, 6.07) is -0.271. The fourth-order valence-electron chi connectivity index (χ4n) is 12.5. The van der Waals surface area contributed by atoms with Crippen molar-refractivity contribution in [3.63, 3.8) is 0 Å². The Bertz CT molecular complexity index is 1140. The molecule has 0 aromatic heterocycles. The van der Waals surface area contributed by atoms with E-state index in [9.17, 15) is 24.9 Å². The molecular weight excluding hydrogens is 502 g/mol. The lowest BCUT2D eigenvalue weighted by Crippen LogP contribution is -2.77. The number of nitrogens with zero attached hydrogens (tertiary/aromatic N) is 1. The zero-order valence-corrected chi connectivity index (χ0v) is 23.9. The maximum absolute atomic E-state index is 13.2. The summed E-state index contributed by atoms with van der Waals surface area (Å²) in [7, 11) is 2.08. The Hall–Kier alpha value is -1.52. The summed E-state index contributed by atoms with van der Waals surface area (Å²) in [5.74, 6) is -1.86. The molecule has 6 aliphatic carbocycles. The lowest BCUT2D eigenvalue weighted by atomic mass is 9.38. The first-order chi connectivity index (χ1) is 17.7. The third-order valence-corrected chi connectivity index (χ3v) is 13.2. The average molecular weight is 548 g/mol. The minimum absolute atomic E-state index is 0. The summed E-state index contributed by atoms with van der Waals surface area (Å²) in [6.07, 6.45) is -0.824. The molecule has 0 aromatic rings. The van der Waals surface area contributed by atoms with E-state index in [-0.39, 0.29) is 65.2 Å². The van der Waals surface area contributed by atoms with Gasteiger partial charge >= 0.3 is 11.9 Å². The summed E-state index contributed by atoms with van der Waals surface area (Å²) < 4.78 is 12.7. The van der Waals surface area contributed by atoms with Gasteiger partial charge in [0.2, 0.25) is 0 Å². The fraction of sp³-hybridized carbons (Fsp3) is 0.867. The van der Waals surface area contributed by atoms with E-state index in [1.807, 2.05) is 27.7 Å². The SMILES string of the molecule is C=C1C[C@]23[C@@H]4[C@H](OC(=O)[C@H](C)CC)[C@H]1[C@@H](O)[C@H]2[C@]12C[C@@H](OC(=O)C(C)C)C[C@]5(C)[C@H]1[C@H]([C@@H]3O)[N+](C)([C@@H]5O)[C@H]42.[OH-]. The standard InChI is InChI=1S/C30H44NO7.H2O/c1-8-13(4)26(35)38-20-16-14(5)9-29-17(20)23-30(22(29)19(16)32)11-15(37-25(34)12(2)3)10-28(6)21(30)18(24(29)33)31(23,7)27(28)36;/h12-13,15-24,27,32-33,36H,5,8-11H2,1-4,6-7H3;1H2/q+1;/p-1/t13-,15+,16-,17-,18-,19-,20-,21-,22-,23-,24+,27-,28-,29+,30+,31?;/m1./s1. The molecule has 9 aliphatic rings. The number of carbonyl (C=O) groups excluding carboxylic acids is 2. The number of rotatable bonds is 5. The largest absolute Gasteiger partial charge is 0.870 e. The van der Waals surface area contributed by atoms with Crippen LogP contribution in [0.15, 0.2) is 12.2 Å². The second kappa shape index (κ2) is 7.85. The molecule has 9 bridgehead atoms. The Kier molecular flexibility index (Phi) is 5.56. The molecule has 3 heterocycles. The van der Waals surface area contributed by atoms with Gasteiger partial charge < -0.3 is 30.3 Å². The van der Waals surface area contributed by atoms with Gasteiger partial charge in [-0.1, -0.05) is 46.8 Å². The lowest BCUT2D eigenvalue weighted by molar-refractivity contribution is -0.996. The van der Waals surface area contributed by atoms with Crippen LogP contribution in [0, 0.1) is 51.8 Å². The molecule has 3 aliphatic heterocycles. The van der Waals surface area contributed by atoms with Gasteiger partial charge in [-0.15, -0.1) is 0 Å². The van der Waals surface area contributed by atoms with Crippen molar-refractivity contribution in [2.75, 3.05) is 7.05 Å². The predicted octanol–water partition coefficient (Wildman–Crippen LogP) is 1.82. The second-order valence-corrected chi connectivity index (χ2v) is 14.9. The first kappa shape index (κ1) is 27.6. The molecular formula is C30H45NO8. The Morgan fingerprint density at radius 2 is 1.74 bits per heavy atom. The lowest BCUT2D eigenvalue weighted by Gasteiger charge is -2.66. The Morgan fingerprint density at radius 1 is 1.08 bits per heavy atom. The van der Waals surface area contributed by atoms with Crippen molar-refractivity contribution in [3.05, 3.63) is 12.2 Å². The van der Waals surface area contributed by atoms with Crippen molar-refractivity contribution in [1.29, 1.82) is 0 Å². The molecule has 6 saturated carbocycles. The molecule has 218 valence electrons. The van der Waals surface area contributed by atoms with E-state index in [1.54, 1.807) is 0 Å². The Morgan fingerprint density at radius 3 is 2.36 bits per heavy atom. The summed E-state index contributed by atoms with van der Waals surface area (Å²) in [5, 5.41) is 36.6. The van der Waals surface area contributed by atoms with Gasteiger partial charge in [-0.05, 0) is 25.7 Å². The van der Waals surface area contributed by atoms with Crippen LogP contribution in [0.2, 0.25) is 0 Å². The highest BCUT2D eigenvalue weighted by molar-refractivity contribution is 5.72. The quantitative estimate of drug-likeness (QED) is 0.269. The van der Waals surface area contributed by atoms with Crippen LogP contribution in [0.25, 0.3) is 0 Å². The third-order valence-electron chi connectivity index (χ3n) is 13.2. The molecule has 39 heavy (non-hydrogen) atoms. The van der Waals surface area contributed by atoms with Gasteiger partial charge in [0.25, 0.3) is 0 Å². The van der Waals surface area contributed by atoms with Crippen molar-refractivity contribution in [3.8, 4) is 0 Å². The van der Waals surface area contributed by atoms with Gasteiger partial charge in [0, 0.05) is 28.6 Å². The first-order valence-corrected chi connectivity index (χ1v) is 14.7. The van der Waals surface area contributed by atoms with Crippen molar-refractivity contribution in [2.45, 2.75) is 103 Å². The molecule has 16 atom stereocenters. The average Bonchev–Trinajstić information content (AvgIpc) is 3.23. The number of ether oxygens (including phenoxy) is 2. The van der Waals surface area contributed by atoms with Crippen molar-refractivity contribution in [1.82, 2.24) is 0 Å². The van der Waals surface area contributed by atoms with Gasteiger partial charge in [-0.2, -0.15) is 0 Å². The molecule has 1 unspecified atom stereocenters. The number of carbonyl (C=O) groups is 2. The highest BCUT2D eigenvalue weighted by Crippen LogP contribution is 2.89. The van der Waals surface area contributed by atoms with E-state index >= 15 is 0 Å². The van der Waals surface area contributed by atoms with Crippen molar-refractivity contribution >= 4 is 11.9 Å². The van der Waals surface area contributed by atoms with E-state index in [0.29, 0.717) is 30.2 Å². The number of hydrogen-bond acceptors (Lipinski definition) is 8. The van der Waals surface area contributed by atoms with Crippen LogP contribution in [-0.2, 0) is 19.1 Å². The molecule has 0 radical (unpaired) electrons. The Balaban J connectivity index is 0.00000277. The van der Waals surface area contributed by atoms with E-state index in [4.69, 9.17) is 9.47 Å².